The second-order valence-electron chi connectivity index (χ2n) is 8.85. The van der Waals surface area contributed by atoms with Crippen LogP contribution in [0.15, 0.2) is 24.3 Å². The van der Waals surface area contributed by atoms with Crippen molar-refractivity contribution in [2.75, 3.05) is 20.2 Å². The third-order valence-corrected chi connectivity index (χ3v) is 9.29. The van der Waals surface area contributed by atoms with Crippen molar-refractivity contribution in [3.63, 3.8) is 0 Å². The number of rotatable bonds is 2. The fourth-order valence-corrected chi connectivity index (χ4v) is 9.67. The number of morpholine rings is 1. The maximum atomic E-state index is 6.36. The van der Waals surface area contributed by atoms with E-state index in [1.54, 1.807) is 0 Å². The Bertz CT molecular complexity index is 480. The van der Waals surface area contributed by atoms with Gasteiger partial charge in [0.05, 0.1) is 12.7 Å². The summed E-state index contributed by atoms with van der Waals surface area (Å²) in [5.74, 6) is 1.23. The molecule has 2 aliphatic carbocycles. The highest BCUT2D eigenvalue weighted by molar-refractivity contribution is 6.77. The summed E-state index contributed by atoms with van der Waals surface area (Å²) in [6.45, 7) is 13.8. The van der Waals surface area contributed by atoms with Crippen molar-refractivity contribution in [2.45, 2.75) is 57.1 Å². The third kappa shape index (κ3) is 2.86. The quantitative estimate of drug-likeness (QED) is 0.792. The van der Waals surface area contributed by atoms with Gasteiger partial charge < -0.3 is 9.72 Å². The van der Waals surface area contributed by atoms with Crippen LogP contribution in [0, 0.1) is 11.8 Å². The summed E-state index contributed by atoms with van der Waals surface area (Å²) < 4.78 is 6.36. The first kappa shape index (κ1) is 16.4. The summed E-state index contributed by atoms with van der Waals surface area (Å²) >= 11 is 0. The molecule has 4 heteroatoms. The second-order valence-corrected chi connectivity index (χ2v) is 13.2. The Hall–Kier alpha value is -0.423. The van der Waals surface area contributed by atoms with Gasteiger partial charge in [0.2, 0.25) is 0 Å². The molecule has 3 rings (SSSR count). The highest BCUT2D eigenvalue weighted by atomic mass is 28.3. The predicted molar refractivity (Wildman–Crippen MR) is 95.5 cm³/mol. The van der Waals surface area contributed by atoms with Crippen molar-refractivity contribution in [1.29, 1.82) is 0 Å². The molecule has 1 aliphatic heterocycles. The molecule has 1 heterocycles. The second kappa shape index (κ2) is 5.59. The fraction of sp³-hybridized carbons (Fsp3) is 0.778. The lowest BCUT2D eigenvalue weighted by Crippen LogP contribution is -2.61. The molecule has 0 amide bonds. The number of hydrogen-bond acceptors (Lipinski definition) is 3. The minimum Gasteiger partial charge on any atom is -0.375 e. The van der Waals surface area contributed by atoms with E-state index in [0.29, 0.717) is 29.5 Å². The zero-order valence-electron chi connectivity index (χ0n) is 15.0. The van der Waals surface area contributed by atoms with E-state index < -0.39 is 8.24 Å². The standard InChI is InChI=1S/C18H32N2OSi/c1-18(2,3)19-22(5,6)17-14-10-8-7-9-13(14)15-16(17)21-12-11-20(15)4/h7-10,13-17,19H,11-12H2,1-6H3. The van der Waals surface area contributed by atoms with E-state index in [4.69, 9.17) is 4.74 Å². The number of allylic oxidation sites excluding steroid dienone is 3. The molecule has 5 unspecified atom stereocenters. The molecule has 1 saturated carbocycles. The van der Waals surface area contributed by atoms with E-state index in [9.17, 15) is 0 Å². The average Bonchev–Trinajstić information content (AvgIpc) is 2.72. The molecule has 1 N–H and O–H groups in total. The Labute approximate surface area is 136 Å². The molecule has 22 heavy (non-hydrogen) atoms. The summed E-state index contributed by atoms with van der Waals surface area (Å²) in [7, 11) is 0.637. The molecule has 0 bridgehead atoms. The van der Waals surface area contributed by atoms with Crippen LogP contribution >= 0.6 is 0 Å². The summed E-state index contributed by atoms with van der Waals surface area (Å²) in [6.07, 6.45) is 9.72. The van der Waals surface area contributed by atoms with Crippen LogP contribution in [0.1, 0.15) is 20.8 Å². The van der Waals surface area contributed by atoms with E-state index in [-0.39, 0.29) is 5.54 Å². The van der Waals surface area contributed by atoms with Gasteiger partial charge in [-0.25, -0.2) is 0 Å². The first-order valence-electron chi connectivity index (χ1n) is 8.67. The zero-order chi connectivity index (χ0) is 16.1. The molecule has 0 aromatic heterocycles. The number of hydrogen-bond donors (Lipinski definition) is 1. The van der Waals surface area contributed by atoms with E-state index in [1.165, 1.54) is 0 Å². The van der Waals surface area contributed by atoms with Crippen molar-refractivity contribution in [3.8, 4) is 0 Å². The predicted octanol–water partition coefficient (Wildman–Crippen LogP) is 3.02. The van der Waals surface area contributed by atoms with Crippen LogP contribution in [0.25, 0.3) is 0 Å². The van der Waals surface area contributed by atoms with Crippen molar-refractivity contribution < 1.29 is 4.74 Å². The summed E-state index contributed by atoms with van der Waals surface area (Å²) in [5, 5.41) is 0. The molecule has 0 spiro atoms. The summed E-state index contributed by atoms with van der Waals surface area (Å²) in [4.78, 5) is 6.54. The molecule has 0 aromatic carbocycles. The van der Waals surface area contributed by atoms with Gasteiger partial charge in [0.15, 0.2) is 0 Å². The van der Waals surface area contributed by atoms with Crippen LogP contribution < -0.4 is 4.98 Å². The SMILES string of the molecule is CN1CCOC2C1C1C=CC=CC1C2[Si](C)(C)NC(C)(C)C. The molecule has 1 saturated heterocycles. The largest absolute Gasteiger partial charge is 0.375 e. The van der Waals surface area contributed by atoms with E-state index in [1.807, 2.05) is 0 Å². The maximum Gasteiger partial charge on any atom is 0.126 e. The lowest BCUT2D eigenvalue weighted by Gasteiger charge is -2.44. The maximum absolute atomic E-state index is 6.36. The molecule has 3 aliphatic rings. The average molecular weight is 321 g/mol. The number of nitrogens with zero attached hydrogens (tertiary/aromatic N) is 1. The van der Waals surface area contributed by atoms with Gasteiger partial charge in [0.1, 0.15) is 8.24 Å². The first-order chi connectivity index (χ1) is 10.2. The van der Waals surface area contributed by atoms with Crippen LogP contribution in [0.5, 0.6) is 0 Å². The fourth-order valence-electron chi connectivity index (χ4n) is 5.16. The van der Waals surface area contributed by atoms with Crippen molar-refractivity contribution in [3.05, 3.63) is 24.3 Å². The molecular formula is C18H32N2OSi. The van der Waals surface area contributed by atoms with Gasteiger partial charge in [-0.15, -0.1) is 0 Å². The first-order valence-corrected chi connectivity index (χ1v) is 11.7. The Balaban J connectivity index is 1.95. The van der Waals surface area contributed by atoms with Gasteiger partial charge in [-0.2, -0.15) is 0 Å². The number of ether oxygens (including phenoxy) is 1. The molecule has 124 valence electrons. The van der Waals surface area contributed by atoms with Gasteiger partial charge in [-0.05, 0) is 33.7 Å². The van der Waals surface area contributed by atoms with Crippen LogP contribution in [-0.2, 0) is 4.74 Å². The summed E-state index contributed by atoms with van der Waals surface area (Å²) in [6, 6.07) is 0.540. The monoisotopic (exact) mass is 320 g/mol. The van der Waals surface area contributed by atoms with Gasteiger partial charge in [-0.3, -0.25) is 4.90 Å². The Morgan fingerprint density at radius 3 is 2.41 bits per heavy atom. The minimum atomic E-state index is -1.64. The van der Waals surface area contributed by atoms with Gasteiger partial charge >= 0.3 is 0 Å². The molecule has 3 nitrogen and oxygen atoms in total. The van der Waals surface area contributed by atoms with Crippen LogP contribution in [0.3, 0.4) is 0 Å². The van der Waals surface area contributed by atoms with Crippen LogP contribution in [-0.4, -0.2) is 51.0 Å². The van der Waals surface area contributed by atoms with Gasteiger partial charge in [-0.1, -0.05) is 37.4 Å². The van der Waals surface area contributed by atoms with E-state index in [2.05, 4.69) is 75.1 Å². The van der Waals surface area contributed by atoms with Gasteiger partial charge in [0.25, 0.3) is 0 Å². The Morgan fingerprint density at radius 2 is 1.77 bits per heavy atom. The number of likely N-dealkylation sites (N-methyl/N-ethyl adjacent to an activating group) is 1. The highest BCUT2D eigenvalue weighted by Crippen LogP contribution is 2.52. The third-order valence-electron chi connectivity index (χ3n) is 5.52. The molecule has 2 fully saturated rings. The van der Waals surface area contributed by atoms with Gasteiger partial charge in [0, 0.05) is 29.6 Å². The zero-order valence-corrected chi connectivity index (χ0v) is 16.0. The molecular weight excluding hydrogens is 288 g/mol. The van der Waals surface area contributed by atoms with Crippen molar-refractivity contribution in [1.82, 2.24) is 9.88 Å². The smallest absolute Gasteiger partial charge is 0.126 e. The number of nitrogens with one attached hydrogen (secondary N) is 1. The van der Waals surface area contributed by atoms with Crippen LogP contribution in [0.4, 0.5) is 0 Å². The minimum absolute atomic E-state index is 0.165. The van der Waals surface area contributed by atoms with Crippen molar-refractivity contribution >= 4 is 8.24 Å². The highest BCUT2D eigenvalue weighted by Gasteiger charge is 2.58. The normalized spacial score (nSPS) is 38.9. The topological polar surface area (TPSA) is 24.5 Å². The van der Waals surface area contributed by atoms with E-state index >= 15 is 0 Å². The lowest BCUT2D eigenvalue weighted by atomic mass is 9.89. The van der Waals surface area contributed by atoms with Crippen LogP contribution in [0.2, 0.25) is 18.6 Å². The number of fused-ring (bicyclic) bond motifs is 3. The Kier molecular flexibility index (Phi) is 4.17. The molecule has 0 aromatic rings. The Morgan fingerprint density at radius 1 is 1.14 bits per heavy atom. The summed E-state index contributed by atoms with van der Waals surface area (Å²) in [5.41, 5.74) is 0.795. The lowest BCUT2D eigenvalue weighted by molar-refractivity contribution is -0.0525. The van der Waals surface area contributed by atoms with Crippen molar-refractivity contribution in [2.24, 2.45) is 11.8 Å². The molecule has 5 atom stereocenters. The van der Waals surface area contributed by atoms with E-state index in [0.717, 1.165) is 13.2 Å². The molecule has 0 radical (unpaired) electrons.